The zero-order valence-corrected chi connectivity index (χ0v) is 12.6. The lowest BCUT2D eigenvalue weighted by Gasteiger charge is -2.36. The topological polar surface area (TPSA) is 12.0 Å². The van der Waals surface area contributed by atoms with Crippen LogP contribution >= 0.6 is 11.8 Å². The summed E-state index contributed by atoms with van der Waals surface area (Å²) >= 11 is 2.16. The van der Waals surface area contributed by atoms with Crippen molar-refractivity contribution in [2.75, 3.05) is 12.8 Å². The molecule has 1 nitrogen and oxygen atoms in total. The van der Waals surface area contributed by atoms with Gasteiger partial charge in [0, 0.05) is 11.3 Å². The van der Waals surface area contributed by atoms with Crippen LogP contribution in [-0.4, -0.2) is 18.1 Å². The highest BCUT2D eigenvalue weighted by molar-refractivity contribution is 7.99. The summed E-state index contributed by atoms with van der Waals surface area (Å²) in [6, 6.07) is 9.48. The van der Waals surface area contributed by atoms with Crippen LogP contribution in [0.4, 0.5) is 0 Å². The lowest BCUT2D eigenvalue weighted by atomic mass is 9.81. The van der Waals surface area contributed by atoms with Crippen LogP contribution in [0.2, 0.25) is 0 Å². The Bertz CT molecular complexity index is 377. The van der Waals surface area contributed by atoms with Crippen molar-refractivity contribution in [3.8, 4) is 0 Å². The monoisotopic (exact) mass is 263 g/mol. The number of hydrogen-bond donors (Lipinski definition) is 1. The van der Waals surface area contributed by atoms with Crippen LogP contribution in [-0.2, 0) is 0 Å². The van der Waals surface area contributed by atoms with Crippen LogP contribution in [0.15, 0.2) is 24.3 Å². The lowest BCUT2D eigenvalue weighted by molar-refractivity contribution is 0.473. The Hall–Kier alpha value is -0.470. The molecule has 0 bridgehead atoms. The van der Waals surface area contributed by atoms with Crippen molar-refractivity contribution >= 4 is 11.8 Å². The van der Waals surface area contributed by atoms with Gasteiger partial charge in [-0.05, 0) is 42.7 Å². The molecule has 0 fully saturated rings. The van der Waals surface area contributed by atoms with Gasteiger partial charge in [-0.25, -0.2) is 0 Å². The van der Waals surface area contributed by atoms with Crippen molar-refractivity contribution in [1.82, 2.24) is 5.32 Å². The molecule has 0 heterocycles. The molecule has 0 aromatic heterocycles. The maximum absolute atomic E-state index is 3.54. The van der Waals surface area contributed by atoms with E-state index >= 15 is 0 Å². The van der Waals surface area contributed by atoms with Crippen LogP contribution in [0, 0.1) is 0 Å². The minimum Gasteiger partial charge on any atom is -0.312 e. The molecule has 3 unspecified atom stereocenters. The summed E-state index contributed by atoms with van der Waals surface area (Å²) in [6.07, 6.45) is 3.95. The van der Waals surface area contributed by atoms with E-state index in [2.05, 4.69) is 62.2 Å². The van der Waals surface area contributed by atoms with Gasteiger partial charge >= 0.3 is 0 Å². The Morgan fingerprint density at radius 2 is 2.00 bits per heavy atom. The smallest absolute Gasteiger partial charge is 0.0441 e. The number of benzene rings is 1. The van der Waals surface area contributed by atoms with Crippen LogP contribution in [0.5, 0.6) is 0 Å². The SMILES string of the molecule is CCCCSC1CC(C)c2ccccc2C1NC. The van der Waals surface area contributed by atoms with E-state index < -0.39 is 0 Å². The van der Waals surface area contributed by atoms with Crippen LogP contribution in [0.25, 0.3) is 0 Å². The molecule has 3 atom stereocenters. The summed E-state index contributed by atoms with van der Waals surface area (Å²) in [4.78, 5) is 0. The van der Waals surface area contributed by atoms with E-state index in [1.54, 1.807) is 5.56 Å². The minimum absolute atomic E-state index is 0.527. The quantitative estimate of drug-likeness (QED) is 0.792. The van der Waals surface area contributed by atoms with Gasteiger partial charge in [-0.1, -0.05) is 44.5 Å². The van der Waals surface area contributed by atoms with Gasteiger partial charge in [-0.15, -0.1) is 0 Å². The van der Waals surface area contributed by atoms with Gasteiger partial charge in [0.05, 0.1) is 0 Å². The average Bonchev–Trinajstić information content (AvgIpc) is 2.39. The van der Waals surface area contributed by atoms with Crippen LogP contribution in [0.1, 0.15) is 56.2 Å². The van der Waals surface area contributed by atoms with Gasteiger partial charge in [0.2, 0.25) is 0 Å². The maximum Gasteiger partial charge on any atom is 0.0441 e. The number of thioether (sulfide) groups is 1. The van der Waals surface area contributed by atoms with Gasteiger partial charge in [-0.2, -0.15) is 11.8 Å². The molecule has 1 aliphatic carbocycles. The first-order valence-corrected chi connectivity index (χ1v) is 8.20. The van der Waals surface area contributed by atoms with E-state index in [1.165, 1.54) is 30.6 Å². The van der Waals surface area contributed by atoms with Gasteiger partial charge < -0.3 is 5.32 Å². The molecule has 0 saturated heterocycles. The number of nitrogens with one attached hydrogen (secondary N) is 1. The van der Waals surface area contributed by atoms with E-state index in [9.17, 15) is 0 Å². The molecule has 0 saturated carbocycles. The van der Waals surface area contributed by atoms with Crippen molar-refractivity contribution in [3.05, 3.63) is 35.4 Å². The Labute approximate surface area is 116 Å². The van der Waals surface area contributed by atoms with Crippen molar-refractivity contribution in [3.63, 3.8) is 0 Å². The first-order chi connectivity index (χ1) is 8.77. The van der Waals surface area contributed by atoms with Crippen molar-refractivity contribution in [2.24, 2.45) is 0 Å². The maximum atomic E-state index is 3.54. The predicted molar refractivity (Wildman–Crippen MR) is 82.4 cm³/mol. The molecule has 0 amide bonds. The summed E-state index contributed by atoms with van der Waals surface area (Å²) in [7, 11) is 2.10. The third-order valence-corrected chi connectivity index (χ3v) is 5.38. The third kappa shape index (κ3) is 2.92. The zero-order chi connectivity index (χ0) is 13.0. The number of rotatable bonds is 5. The number of fused-ring (bicyclic) bond motifs is 1. The standard InChI is InChI=1S/C16H25NS/c1-4-5-10-18-15-11-12(2)13-8-6-7-9-14(13)16(15)17-3/h6-9,12,15-17H,4-5,10-11H2,1-3H3. The second-order valence-electron chi connectivity index (χ2n) is 5.29. The largest absolute Gasteiger partial charge is 0.312 e. The fourth-order valence-corrected chi connectivity index (χ4v) is 4.60. The molecule has 0 radical (unpaired) electrons. The highest BCUT2D eigenvalue weighted by atomic mass is 32.2. The Kier molecular flexibility index (Phi) is 5.13. The normalized spacial score (nSPS) is 26.9. The predicted octanol–water partition coefficient (Wildman–Crippen LogP) is 4.36. The van der Waals surface area contributed by atoms with Gasteiger partial charge in [0.15, 0.2) is 0 Å². The van der Waals surface area contributed by atoms with Gasteiger partial charge in [-0.3, -0.25) is 0 Å². The fourth-order valence-electron chi connectivity index (χ4n) is 2.94. The van der Waals surface area contributed by atoms with E-state index in [0.717, 1.165) is 5.25 Å². The molecule has 1 aromatic rings. The van der Waals surface area contributed by atoms with Crippen LogP contribution in [0.3, 0.4) is 0 Å². The summed E-state index contributed by atoms with van der Waals surface area (Å²) in [5.74, 6) is 2.00. The molecule has 18 heavy (non-hydrogen) atoms. The molecule has 1 aliphatic rings. The molecule has 0 spiro atoms. The zero-order valence-electron chi connectivity index (χ0n) is 11.8. The molecule has 1 N–H and O–H groups in total. The molecular formula is C16H25NS. The highest BCUT2D eigenvalue weighted by Crippen LogP contribution is 2.42. The summed E-state index contributed by atoms with van der Waals surface area (Å²) in [6.45, 7) is 4.65. The average molecular weight is 263 g/mol. The molecule has 1 aromatic carbocycles. The van der Waals surface area contributed by atoms with Crippen molar-refractivity contribution in [1.29, 1.82) is 0 Å². The molecule has 0 aliphatic heterocycles. The highest BCUT2D eigenvalue weighted by Gasteiger charge is 2.31. The van der Waals surface area contributed by atoms with Crippen LogP contribution < -0.4 is 5.32 Å². The summed E-state index contributed by atoms with van der Waals surface area (Å²) in [5, 5.41) is 4.27. The van der Waals surface area contributed by atoms with Gasteiger partial charge in [0.1, 0.15) is 0 Å². The number of hydrogen-bond acceptors (Lipinski definition) is 2. The first kappa shape index (κ1) is 14.0. The van der Waals surface area contributed by atoms with Crippen molar-refractivity contribution in [2.45, 2.75) is 50.3 Å². The molecule has 2 rings (SSSR count). The van der Waals surface area contributed by atoms with Gasteiger partial charge in [0.25, 0.3) is 0 Å². The van der Waals surface area contributed by atoms with E-state index in [0.29, 0.717) is 12.0 Å². The minimum atomic E-state index is 0.527. The second kappa shape index (κ2) is 6.63. The fraction of sp³-hybridized carbons (Fsp3) is 0.625. The Morgan fingerprint density at radius 3 is 2.67 bits per heavy atom. The molecule has 100 valence electrons. The summed E-state index contributed by atoms with van der Waals surface area (Å²) < 4.78 is 0. The van der Waals surface area contributed by atoms with Crippen molar-refractivity contribution < 1.29 is 0 Å². The van der Waals surface area contributed by atoms with E-state index in [1.807, 2.05) is 0 Å². The summed E-state index contributed by atoms with van der Waals surface area (Å²) in [5.41, 5.74) is 3.07. The Morgan fingerprint density at radius 1 is 1.28 bits per heavy atom. The lowest BCUT2D eigenvalue weighted by Crippen LogP contribution is -2.33. The first-order valence-electron chi connectivity index (χ1n) is 7.15. The second-order valence-corrected chi connectivity index (χ2v) is 6.64. The molecule has 2 heteroatoms. The van der Waals surface area contributed by atoms with E-state index in [4.69, 9.17) is 0 Å². The number of unbranched alkanes of at least 4 members (excludes halogenated alkanes) is 1. The Balaban J connectivity index is 2.15. The molecular weight excluding hydrogens is 238 g/mol. The van der Waals surface area contributed by atoms with E-state index in [-0.39, 0.29) is 0 Å². The third-order valence-electron chi connectivity index (χ3n) is 3.96.